The molecular weight excluding hydrogens is 332 g/mol. The molecule has 1 aromatic carbocycles. The Morgan fingerprint density at radius 3 is 2.71 bits per heavy atom. The van der Waals surface area contributed by atoms with Gasteiger partial charge in [0.25, 0.3) is 0 Å². The summed E-state index contributed by atoms with van der Waals surface area (Å²) < 4.78 is 11.5. The topological polar surface area (TPSA) is 43.4 Å². The molecule has 5 heteroatoms. The summed E-state index contributed by atoms with van der Waals surface area (Å²) in [7, 11) is 1.65. The minimum absolute atomic E-state index is 0.508. The van der Waals surface area contributed by atoms with Gasteiger partial charge >= 0.3 is 0 Å². The minimum Gasteiger partial charge on any atom is -0.475 e. The normalized spacial score (nSPS) is 10.4. The number of aryl methyl sites for hydroxylation is 1. The first kappa shape index (κ1) is 15.8. The summed E-state index contributed by atoms with van der Waals surface area (Å²) in [6, 6.07) is 10.1. The molecule has 1 aromatic heterocycles. The number of hydrogen-bond acceptors (Lipinski definition) is 4. The first-order valence-electron chi connectivity index (χ1n) is 6.76. The van der Waals surface area contributed by atoms with Gasteiger partial charge in [0.15, 0.2) is 0 Å². The van der Waals surface area contributed by atoms with Crippen molar-refractivity contribution < 1.29 is 9.47 Å². The van der Waals surface area contributed by atoms with Crippen molar-refractivity contribution in [1.29, 1.82) is 0 Å². The van der Waals surface area contributed by atoms with Crippen LogP contribution in [0, 0.1) is 6.92 Å². The summed E-state index contributed by atoms with van der Waals surface area (Å²) in [4.78, 5) is 4.25. The Morgan fingerprint density at radius 1 is 1.19 bits per heavy atom. The number of nitrogens with one attached hydrogen (secondary N) is 1. The number of rotatable bonds is 7. The molecular formula is C16H19BrN2O2. The minimum atomic E-state index is 0.508. The molecule has 0 saturated heterocycles. The molecule has 0 aliphatic rings. The maximum absolute atomic E-state index is 5.42. The molecule has 0 spiro atoms. The highest BCUT2D eigenvalue weighted by molar-refractivity contribution is 9.10. The molecule has 0 amide bonds. The van der Waals surface area contributed by atoms with E-state index in [0.717, 1.165) is 16.7 Å². The van der Waals surface area contributed by atoms with Crippen LogP contribution < -0.4 is 10.1 Å². The lowest BCUT2D eigenvalue weighted by Crippen LogP contribution is -2.05. The molecule has 0 saturated carbocycles. The highest BCUT2D eigenvalue weighted by Gasteiger charge is 2.00. The van der Waals surface area contributed by atoms with Crippen LogP contribution in [0.25, 0.3) is 0 Å². The summed E-state index contributed by atoms with van der Waals surface area (Å²) in [5.41, 5.74) is 3.43. The zero-order valence-electron chi connectivity index (χ0n) is 12.2. The molecule has 112 valence electrons. The zero-order chi connectivity index (χ0) is 15.1. The maximum Gasteiger partial charge on any atom is 0.213 e. The van der Waals surface area contributed by atoms with Crippen molar-refractivity contribution in [2.24, 2.45) is 0 Å². The molecule has 0 bridgehead atoms. The van der Waals surface area contributed by atoms with Gasteiger partial charge in [-0.25, -0.2) is 4.98 Å². The summed E-state index contributed by atoms with van der Waals surface area (Å²) in [5.74, 6) is 0.608. The molecule has 0 aliphatic carbocycles. The van der Waals surface area contributed by atoms with Gasteiger partial charge in [0.05, 0.1) is 18.5 Å². The SMILES string of the molecule is COCCOc1ccc(NCc2ccc(Br)c(C)c2)cn1. The molecule has 2 rings (SSSR count). The van der Waals surface area contributed by atoms with E-state index >= 15 is 0 Å². The van der Waals surface area contributed by atoms with Gasteiger partial charge in [0, 0.05) is 24.2 Å². The van der Waals surface area contributed by atoms with E-state index in [2.05, 4.69) is 51.4 Å². The van der Waals surface area contributed by atoms with E-state index < -0.39 is 0 Å². The van der Waals surface area contributed by atoms with Gasteiger partial charge in [-0.05, 0) is 30.2 Å². The third-order valence-corrected chi connectivity index (χ3v) is 3.88. The molecule has 0 aliphatic heterocycles. The van der Waals surface area contributed by atoms with Crippen molar-refractivity contribution in [2.45, 2.75) is 13.5 Å². The molecule has 1 N–H and O–H groups in total. The molecule has 0 radical (unpaired) electrons. The van der Waals surface area contributed by atoms with Crippen LogP contribution in [0.15, 0.2) is 41.0 Å². The van der Waals surface area contributed by atoms with Crippen molar-refractivity contribution in [2.75, 3.05) is 25.6 Å². The van der Waals surface area contributed by atoms with Crippen molar-refractivity contribution in [3.8, 4) is 5.88 Å². The van der Waals surface area contributed by atoms with Gasteiger partial charge in [-0.1, -0.05) is 28.1 Å². The van der Waals surface area contributed by atoms with Crippen LogP contribution in [0.4, 0.5) is 5.69 Å². The van der Waals surface area contributed by atoms with Gasteiger partial charge in [-0.3, -0.25) is 0 Å². The summed E-state index contributed by atoms with van der Waals surface area (Å²) in [6.45, 7) is 3.92. The number of hydrogen-bond donors (Lipinski definition) is 1. The van der Waals surface area contributed by atoms with E-state index in [0.29, 0.717) is 19.1 Å². The number of ether oxygens (including phenoxy) is 2. The number of benzene rings is 1. The van der Waals surface area contributed by atoms with Crippen molar-refractivity contribution in [3.05, 3.63) is 52.1 Å². The van der Waals surface area contributed by atoms with Crippen LogP contribution in [-0.4, -0.2) is 25.3 Å². The van der Waals surface area contributed by atoms with E-state index in [9.17, 15) is 0 Å². The Hall–Kier alpha value is -1.59. The number of nitrogens with zero attached hydrogens (tertiary/aromatic N) is 1. The smallest absolute Gasteiger partial charge is 0.213 e. The average Bonchev–Trinajstić information content (AvgIpc) is 2.50. The molecule has 0 fully saturated rings. The van der Waals surface area contributed by atoms with Gasteiger partial charge < -0.3 is 14.8 Å². The van der Waals surface area contributed by atoms with E-state index in [1.54, 1.807) is 13.3 Å². The highest BCUT2D eigenvalue weighted by atomic mass is 79.9. The van der Waals surface area contributed by atoms with Gasteiger partial charge in [-0.15, -0.1) is 0 Å². The summed E-state index contributed by atoms with van der Waals surface area (Å²) >= 11 is 3.51. The second-order valence-electron chi connectivity index (χ2n) is 4.66. The predicted octanol–water partition coefficient (Wildman–Crippen LogP) is 3.79. The number of halogens is 1. The molecule has 21 heavy (non-hydrogen) atoms. The Labute approximate surface area is 133 Å². The quantitative estimate of drug-likeness (QED) is 0.771. The lowest BCUT2D eigenvalue weighted by molar-refractivity contribution is 0.144. The van der Waals surface area contributed by atoms with E-state index in [-0.39, 0.29) is 0 Å². The van der Waals surface area contributed by atoms with Crippen LogP contribution in [0.2, 0.25) is 0 Å². The van der Waals surface area contributed by atoms with Crippen LogP contribution in [0.1, 0.15) is 11.1 Å². The van der Waals surface area contributed by atoms with Crippen LogP contribution in [0.3, 0.4) is 0 Å². The molecule has 2 aromatic rings. The van der Waals surface area contributed by atoms with Crippen molar-refractivity contribution in [3.63, 3.8) is 0 Å². The average molecular weight is 351 g/mol. The summed E-state index contributed by atoms with van der Waals surface area (Å²) in [5, 5.41) is 3.34. The largest absolute Gasteiger partial charge is 0.475 e. The Kier molecular flexibility index (Phi) is 6.02. The second-order valence-corrected chi connectivity index (χ2v) is 5.52. The predicted molar refractivity (Wildman–Crippen MR) is 87.8 cm³/mol. The second kappa shape index (κ2) is 8.00. The van der Waals surface area contributed by atoms with Crippen LogP contribution in [-0.2, 0) is 11.3 Å². The first-order valence-corrected chi connectivity index (χ1v) is 7.55. The lowest BCUT2D eigenvalue weighted by atomic mass is 10.1. The monoisotopic (exact) mass is 350 g/mol. The third-order valence-electron chi connectivity index (χ3n) is 2.99. The zero-order valence-corrected chi connectivity index (χ0v) is 13.8. The van der Waals surface area contributed by atoms with E-state index in [1.807, 2.05) is 12.1 Å². The Balaban J connectivity index is 1.86. The molecule has 0 atom stereocenters. The van der Waals surface area contributed by atoms with Crippen LogP contribution in [0.5, 0.6) is 5.88 Å². The highest BCUT2D eigenvalue weighted by Crippen LogP contribution is 2.18. The fourth-order valence-corrected chi connectivity index (χ4v) is 2.07. The number of methoxy groups -OCH3 is 1. The van der Waals surface area contributed by atoms with Gasteiger partial charge in [0.2, 0.25) is 5.88 Å². The van der Waals surface area contributed by atoms with Gasteiger partial charge in [0.1, 0.15) is 6.61 Å². The Bertz CT molecular complexity index is 573. The van der Waals surface area contributed by atoms with Crippen molar-refractivity contribution >= 4 is 21.6 Å². The Morgan fingerprint density at radius 2 is 2.05 bits per heavy atom. The third kappa shape index (κ3) is 5.02. The fraction of sp³-hybridized carbons (Fsp3) is 0.312. The number of pyridine rings is 1. The first-order chi connectivity index (χ1) is 10.2. The van der Waals surface area contributed by atoms with Crippen LogP contribution >= 0.6 is 15.9 Å². The number of aromatic nitrogens is 1. The van der Waals surface area contributed by atoms with E-state index in [4.69, 9.17) is 9.47 Å². The van der Waals surface area contributed by atoms with E-state index in [1.165, 1.54) is 11.1 Å². The van der Waals surface area contributed by atoms with Crippen molar-refractivity contribution in [1.82, 2.24) is 4.98 Å². The molecule has 4 nitrogen and oxygen atoms in total. The maximum atomic E-state index is 5.42. The fourth-order valence-electron chi connectivity index (χ4n) is 1.82. The lowest BCUT2D eigenvalue weighted by Gasteiger charge is -2.09. The van der Waals surface area contributed by atoms with Gasteiger partial charge in [-0.2, -0.15) is 0 Å². The standard InChI is InChI=1S/C16H19BrN2O2/c1-12-9-13(3-5-15(12)17)10-18-14-4-6-16(19-11-14)21-8-7-20-2/h3-6,9,11,18H,7-8,10H2,1-2H3. The summed E-state index contributed by atoms with van der Waals surface area (Å²) in [6.07, 6.45) is 1.77. The molecule has 0 unspecified atom stereocenters. The molecule has 1 heterocycles. The number of anilines is 1.